The molecule has 1 fully saturated rings. The van der Waals surface area contributed by atoms with Crippen LogP contribution in [0.5, 0.6) is 0 Å². The lowest BCUT2D eigenvalue weighted by atomic mass is 9.96. The van der Waals surface area contributed by atoms with Gasteiger partial charge in [-0.15, -0.1) is 0 Å². The second-order valence-corrected chi connectivity index (χ2v) is 5.17. The third kappa shape index (κ3) is 2.46. The molecular weight excluding hydrogens is 194 g/mol. The summed E-state index contributed by atoms with van der Waals surface area (Å²) in [7, 11) is 0. The summed E-state index contributed by atoms with van der Waals surface area (Å²) in [6.45, 7) is 7.95. The first kappa shape index (κ1) is 11.7. The molecule has 0 spiro atoms. The molecule has 1 aliphatic rings. The number of aryl methyl sites for hydroxylation is 1. The molecule has 1 aliphatic carbocycles. The van der Waals surface area contributed by atoms with E-state index in [2.05, 4.69) is 50.4 Å². The van der Waals surface area contributed by atoms with Gasteiger partial charge in [0.2, 0.25) is 0 Å². The Kier molecular flexibility index (Phi) is 3.65. The Balaban J connectivity index is 2.15. The van der Waals surface area contributed by atoms with Gasteiger partial charge in [-0.25, -0.2) is 0 Å². The maximum absolute atomic E-state index is 3.72. The van der Waals surface area contributed by atoms with E-state index in [9.17, 15) is 0 Å². The van der Waals surface area contributed by atoms with E-state index in [0.29, 0.717) is 6.04 Å². The van der Waals surface area contributed by atoms with Crippen LogP contribution in [0.4, 0.5) is 0 Å². The molecule has 1 aromatic rings. The summed E-state index contributed by atoms with van der Waals surface area (Å²) in [5.41, 5.74) is 2.93. The van der Waals surface area contributed by atoms with Crippen molar-refractivity contribution in [2.75, 3.05) is 6.54 Å². The van der Waals surface area contributed by atoms with Crippen molar-refractivity contribution in [1.82, 2.24) is 5.32 Å². The number of nitrogens with one attached hydrogen (secondary N) is 1. The van der Waals surface area contributed by atoms with Crippen LogP contribution in [-0.2, 0) is 0 Å². The SMILES string of the molecule is CCCNC(c1ccccc1C)C1CC1C. The molecule has 0 aliphatic heterocycles. The first-order valence-electron chi connectivity index (χ1n) is 6.53. The van der Waals surface area contributed by atoms with Gasteiger partial charge >= 0.3 is 0 Å². The zero-order valence-corrected chi connectivity index (χ0v) is 10.7. The van der Waals surface area contributed by atoms with Crippen LogP contribution >= 0.6 is 0 Å². The van der Waals surface area contributed by atoms with Crippen molar-refractivity contribution in [3.63, 3.8) is 0 Å². The van der Waals surface area contributed by atoms with Crippen LogP contribution in [0.15, 0.2) is 24.3 Å². The largest absolute Gasteiger partial charge is 0.310 e. The standard InChI is InChI=1S/C15H23N/c1-4-9-16-15(14-10-12(14)3)13-8-6-5-7-11(13)2/h5-8,12,14-16H,4,9-10H2,1-3H3. The summed E-state index contributed by atoms with van der Waals surface area (Å²) in [6.07, 6.45) is 2.60. The maximum atomic E-state index is 3.72. The molecule has 0 heterocycles. The molecule has 88 valence electrons. The molecule has 0 radical (unpaired) electrons. The van der Waals surface area contributed by atoms with Gasteiger partial charge in [-0.05, 0) is 49.3 Å². The Morgan fingerprint density at radius 3 is 2.62 bits per heavy atom. The number of hydrogen-bond donors (Lipinski definition) is 1. The van der Waals surface area contributed by atoms with Crippen molar-refractivity contribution < 1.29 is 0 Å². The van der Waals surface area contributed by atoms with Crippen molar-refractivity contribution in [2.24, 2.45) is 11.8 Å². The van der Waals surface area contributed by atoms with Crippen LogP contribution in [0.3, 0.4) is 0 Å². The lowest BCUT2D eigenvalue weighted by molar-refractivity contribution is 0.461. The van der Waals surface area contributed by atoms with Crippen LogP contribution in [-0.4, -0.2) is 6.54 Å². The van der Waals surface area contributed by atoms with E-state index >= 15 is 0 Å². The van der Waals surface area contributed by atoms with E-state index in [1.165, 1.54) is 24.0 Å². The fraction of sp³-hybridized carbons (Fsp3) is 0.600. The smallest absolute Gasteiger partial charge is 0.0353 e. The van der Waals surface area contributed by atoms with Gasteiger partial charge in [0.1, 0.15) is 0 Å². The summed E-state index contributed by atoms with van der Waals surface area (Å²) in [5.74, 6) is 1.75. The molecule has 0 amide bonds. The first-order valence-corrected chi connectivity index (χ1v) is 6.53. The minimum atomic E-state index is 0.580. The molecule has 3 unspecified atom stereocenters. The molecular formula is C15H23N. The molecule has 2 rings (SSSR count). The molecule has 0 aromatic heterocycles. The Morgan fingerprint density at radius 2 is 2.06 bits per heavy atom. The van der Waals surface area contributed by atoms with Gasteiger partial charge in [0, 0.05) is 6.04 Å². The average molecular weight is 217 g/mol. The van der Waals surface area contributed by atoms with Gasteiger partial charge < -0.3 is 5.32 Å². The summed E-state index contributed by atoms with van der Waals surface area (Å²) in [5, 5.41) is 3.72. The number of benzene rings is 1. The zero-order chi connectivity index (χ0) is 11.5. The molecule has 1 saturated carbocycles. The molecule has 0 saturated heterocycles. The van der Waals surface area contributed by atoms with Crippen LogP contribution in [0.2, 0.25) is 0 Å². The highest BCUT2D eigenvalue weighted by atomic mass is 14.9. The van der Waals surface area contributed by atoms with Crippen molar-refractivity contribution in [1.29, 1.82) is 0 Å². The van der Waals surface area contributed by atoms with Crippen LogP contribution in [0.25, 0.3) is 0 Å². The second kappa shape index (κ2) is 5.01. The zero-order valence-electron chi connectivity index (χ0n) is 10.7. The molecule has 1 N–H and O–H groups in total. The maximum Gasteiger partial charge on any atom is 0.0353 e. The highest BCUT2D eigenvalue weighted by molar-refractivity contribution is 5.30. The Bertz CT molecular complexity index is 345. The lowest BCUT2D eigenvalue weighted by Gasteiger charge is -2.21. The monoisotopic (exact) mass is 217 g/mol. The predicted molar refractivity (Wildman–Crippen MR) is 69.5 cm³/mol. The number of rotatable bonds is 5. The van der Waals surface area contributed by atoms with Crippen molar-refractivity contribution in [3.8, 4) is 0 Å². The van der Waals surface area contributed by atoms with Gasteiger partial charge in [-0.2, -0.15) is 0 Å². The van der Waals surface area contributed by atoms with Gasteiger partial charge in [0.25, 0.3) is 0 Å². The van der Waals surface area contributed by atoms with Gasteiger partial charge in [0.05, 0.1) is 0 Å². The topological polar surface area (TPSA) is 12.0 Å². The van der Waals surface area contributed by atoms with Gasteiger partial charge in [-0.3, -0.25) is 0 Å². The van der Waals surface area contributed by atoms with E-state index in [0.717, 1.165) is 18.4 Å². The molecule has 3 atom stereocenters. The molecule has 16 heavy (non-hydrogen) atoms. The third-order valence-corrected chi connectivity index (χ3v) is 3.74. The quantitative estimate of drug-likeness (QED) is 0.793. The second-order valence-electron chi connectivity index (χ2n) is 5.17. The van der Waals surface area contributed by atoms with Gasteiger partial charge in [-0.1, -0.05) is 38.1 Å². The third-order valence-electron chi connectivity index (χ3n) is 3.74. The summed E-state index contributed by atoms with van der Waals surface area (Å²) in [4.78, 5) is 0. The van der Waals surface area contributed by atoms with Gasteiger partial charge in [0.15, 0.2) is 0 Å². The fourth-order valence-electron chi connectivity index (χ4n) is 2.54. The van der Waals surface area contributed by atoms with E-state index in [-0.39, 0.29) is 0 Å². The number of hydrogen-bond acceptors (Lipinski definition) is 1. The first-order chi connectivity index (χ1) is 7.74. The molecule has 1 nitrogen and oxygen atoms in total. The van der Waals surface area contributed by atoms with E-state index in [4.69, 9.17) is 0 Å². The lowest BCUT2D eigenvalue weighted by Crippen LogP contribution is -2.25. The molecule has 1 heteroatoms. The van der Waals surface area contributed by atoms with E-state index < -0.39 is 0 Å². The highest BCUT2D eigenvalue weighted by Crippen LogP contribution is 2.47. The van der Waals surface area contributed by atoms with E-state index in [1.54, 1.807) is 0 Å². The van der Waals surface area contributed by atoms with Crippen LogP contribution < -0.4 is 5.32 Å². The van der Waals surface area contributed by atoms with Crippen molar-refractivity contribution in [2.45, 2.75) is 39.7 Å². The normalized spacial score (nSPS) is 25.4. The Morgan fingerprint density at radius 1 is 1.38 bits per heavy atom. The Labute approximate surface area is 99.3 Å². The molecule has 1 aromatic carbocycles. The molecule has 0 bridgehead atoms. The van der Waals surface area contributed by atoms with Crippen molar-refractivity contribution >= 4 is 0 Å². The minimum absolute atomic E-state index is 0.580. The minimum Gasteiger partial charge on any atom is -0.310 e. The average Bonchev–Trinajstić information content (AvgIpc) is 2.99. The summed E-state index contributed by atoms with van der Waals surface area (Å²) >= 11 is 0. The van der Waals surface area contributed by atoms with Crippen LogP contribution in [0.1, 0.15) is 43.9 Å². The Hall–Kier alpha value is -0.820. The van der Waals surface area contributed by atoms with Crippen LogP contribution in [0, 0.1) is 18.8 Å². The summed E-state index contributed by atoms with van der Waals surface area (Å²) < 4.78 is 0. The highest BCUT2D eigenvalue weighted by Gasteiger charge is 2.40. The van der Waals surface area contributed by atoms with Crippen molar-refractivity contribution in [3.05, 3.63) is 35.4 Å². The summed E-state index contributed by atoms with van der Waals surface area (Å²) in [6, 6.07) is 9.38. The fourth-order valence-corrected chi connectivity index (χ4v) is 2.54. The predicted octanol–water partition coefficient (Wildman–Crippen LogP) is 3.69. The van der Waals surface area contributed by atoms with E-state index in [1.807, 2.05) is 0 Å².